The molecule has 0 bridgehead atoms. The molecule has 1 aliphatic heterocycles. The molecule has 1 fully saturated rings. The topological polar surface area (TPSA) is 34.1 Å². The summed E-state index contributed by atoms with van der Waals surface area (Å²) in [5.41, 5.74) is 1.08. The van der Waals surface area contributed by atoms with Gasteiger partial charge in [-0.25, -0.2) is 4.39 Å². The zero-order valence-corrected chi connectivity index (χ0v) is 17.3. The van der Waals surface area contributed by atoms with Crippen LogP contribution in [0, 0.1) is 5.82 Å². The fourth-order valence-corrected chi connectivity index (χ4v) is 3.37. The summed E-state index contributed by atoms with van der Waals surface area (Å²) in [5.74, 6) is 0.719. The summed E-state index contributed by atoms with van der Waals surface area (Å²) in [5, 5.41) is 3.35. The molecule has 0 radical (unpaired) electrons. The van der Waals surface area contributed by atoms with E-state index in [2.05, 4.69) is 33.9 Å². The fraction of sp³-hybridized carbons (Fsp3) is 0.667. The van der Waals surface area contributed by atoms with Gasteiger partial charge in [0.15, 0.2) is 5.96 Å². The number of aliphatic imine (C=N–C) groups is 1. The Hall–Kier alpha value is -1.66. The Labute approximate surface area is 164 Å². The number of unbranched alkanes of at least 4 members (excludes halogenated alkanes) is 1. The predicted octanol–water partition coefficient (Wildman–Crippen LogP) is 2.64. The minimum absolute atomic E-state index is 0.196. The van der Waals surface area contributed by atoms with Crippen LogP contribution in [0.15, 0.2) is 29.3 Å². The molecule has 1 heterocycles. The first kappa shape index (κ1) is 21.6. The SMILES string of the molecule is CCNC(=NCCCCN1CCN(CC)CC1)N(C)Cc1ccc(F)cc1. The van der Waals surface area contributed by atoms with Crippen LogP contribution in [0.25, 0.3) is 0 Å². The third-order valence-electron chi connectivity index (χ3n) is 5.09. The zero-order chi connectivity index (χ0) is 19.5. The Morgan fingerprint density at radius 1 is 1.07 bits per heavy atom. The first-order chi connectivity index (χ1) is 13.1. The Morgan fingerprint density at radius 2 is 1.74 bits per heavy atom. The first-order valence-electron chi connectivity index (χ1n) is 10.3. The summed E-state index contributed by atoms with van der Waals surface area (Å²) in [4.78, 5) is 11.9. The lowest BCUT2D eigenvalue weighted by atomic mass is 10.2. The monoisotopic (exact) mass is 377 g/mol. The lowest BCUT2D eigenvalue weighted by Gasteiger charge is -2.33. The van der Waals surface area contributed by atoms with Crippen molar-refractivity contribution in [3.63, 3.8) is 0 Å². The molecule has 152 valence electrons. The largest absolute Gasteiger partial charge is 0.357 e. The van der Waals surface area contributed by atoms with E-state index in [-0.39, 0.29) is 5.82 Å². The lowest BCUT2D eigenvalue weighted by Crippen LogP contribution is -2.46. The van der Waals surface area contributed by atoms with E-state index in [0.717, 1.165) is 31.0 Å². The van der Waals surface area contributed by atoms with E-state index in [1.54, 1.807) is 0 Å². The number of likely N-dealkylation sites (N-methyl/N-ethyl adjacent to an activating group) is 1. The quantitative estimate of drug-likeness (QED) is 0.408. The van der Waals surface area contributed by atoms with Crippen molar-refractivity contribution in [1.82, 2.24) is 20.0 Å². The van der Waals surface area contributed by atoms with Gasteiger partial charge in [0, 0.05) is 52.9 Å². The van der Waals surface area contributed by atoms with E-state index < -0.39 is 0 Å². The van der Waals surface area contributed by atoms with Crippen molar-refractivity contribution in [3.05, 3.63) is 35.6 Å². The molecule has 2 rings (SSSR count). The molecule has 1 aromatic carbocycles. The van der Waals surface area contributed by atoms with E-state index in [1.807, 2.05) is 19.2 Å². The molecule has 0 atom stereocenters. The van der Waals surface area contributed by atoms with Gasteiger partial charge < -0.3 is 20.0 Å². The number of hydrogen-bond acceptors (Lipinski definition) is 3. The van der Waals surface area contributed by atoms with Crippen LogP contribution >= 0.6 is 0 Å². The molecule has 0 unspecified atom stereocenters. The molecule has 0 amide bonds. The minimum atomic E-state index is -0.196. The molecule has 1 aromatic rings. The van der Waals surface area contributed by atoms with Crippen LogP contribution in [0.2, 0.25) is 0 Å². The minimum Gasteiger partial charge on any atom is -0.357 e. The van der Waals surface area contributed by atoms with Gasteiger partial charge in [-0.2, -0.15) is 0 Å². The van der Waals surface area contributed by atoms with Gasteiger partial charge in [0.1, 0.15) is 5.82 Å². The van der Waals surface area contributed by atoms with Crippen LogP contribution < -0.4 is 5.32 Å². The first-order valence-corrected chi connectivity index (χ1v) is 10.3. The maximum absolute atomic E-state index is 13.1. The predicted molar refractivity (Wildman–Crippen MR) is 112 cm³/mol. The maximum Gasteiger partial charge on any atom is 0.193 e. The number of rotatable bonds is 9. The van der Waals surface area contributed by atoms with E-state index >= 15 is 0 Å². The Bertz CT molecular complexity index is 552. The lowest BCUT2D eigenvalue weighted by molar-refractivity contribution is 0.136. The van der Waals surface area contributed by atoms with E-state index in [0.29, 0.717) is 6.54 Å². The average molecular weight is 378 g/mol. The summed E-state index contributed by atoms with van der Waals surface area (Å²) in [6, 6.07) is 6.67. The molecular weight excluding hydrogens is 341 g/mol. The van der Waals surface area contributed by atoms with Gasteiger partial charge >= 0.3 is 0 Å². The summed E-state index contributed by atoms with van der Waals surface area (Å²) < 4.78 is 13.1. The average Bonchev–Trinajstić information content (AvgIpc) is 2.69. The van der Waals surface area contributed by atoms with Crippen LogP contribution in [-0.2, 0) is 6.54 Å². The van der Waals surface area contributed by atoms with Crippen LogP contribution in [-0.4, -0.2) is 80.1 Å². The van der Waals surface area contributed by atoms with Crippen molar-refractivity contribution in [2.75, 3.05) is 59.4 Å². The standard InChI is InChI=1S/C21H36FN5/c1-4-23-21(25(3)18-19-8-10-20(22)11-9-19)24-12-6-7-13-27-16-14-26(5-2)15-17-27/h8-11H,4-7,12-18H2,1-3H3,(H,23,24). The smallest absolute Gasteiger partial charge is 0.193 e. The third kappa shape index (κ3) is 7.85. The molecule has 27 heavy (non-hydrogen) atoms. The second-order valence-electron chi connectivity index (χ2n) is 7.20. The molecule has 0 spiro atoms. The molecular formula is C21H36FN5. The maximum atomic E-state index is 13.1. The summed E-state index contributed by atoms with van der Waals surface area (Å²) in [6.07, 6.45) is 2.30. The van der Waals surface area contributed by atoms with Crippen molar-refractivity contribution in [1.29, 1.82) is 0 Å². The second-order valence-corrected chi connectivity index (χ2v) is 7.20. The van der Waals surface area contributed by atoms with Gasteiger partial charge in [0.25, 0.3) is 0 Å². The highest BCUT2D eigenvalue weighted by molar-refractivity contribution is 5.79. The molecule has 0 aliphatic carbocycles. The van der Waals surface area contributed by atoms with Crippen molar-refractivity contribution < 1.29 is 4.39 Å². The van der Waals surface area contributed by atoms with E-state index in [4.69, 9.17) is 4.99 Å². The van der Waals surface area contributed by atoms with Crippen molar-refractivity contribution in [2.24, 2.45) is 4.99 Å². The zero-order valence-electron chi connectivity index (χ0n) is 17.3. The summed E-state index contributed by atoms with van der Waals surface area (Å²) in [7, 11) is 2.03. The van der Waals surface area contributed by atoms with Crippen molar-refractivity contribution in [3.8, 4) is 0 Å². The van der Waals surface area contributed by atoms with Crippen molar-refractivity contribution in [2.45, 2.75) is 33.2 Å². The highest BCUT2D eigenvalue weighted by Crippen LogP contribution is 2.06. The summed E-state index contributed by atoms with van der Waals surface area (Å²) >= 11 is 0. The van der Waals surface area contributed by atoms with E-state index in [9.17, 15) is 4.39 Å². The molecule has 6 heteroatoms. The Morgan fingerprint density at radius 3 is 2.37 bits per heavy atom. The van der Waals surface area contributed by atoms with Gasteiger partial charge in [-0.1, -0.05) is 19.1 Å². The highest BCUT2D eigenvalue weighted by Gasteiger charge is 2.14. The molecule has 1 aliphatic rings. The fourth-order valence-electron chi connectivity index (χ4n) is 3.37. The third-order valence-corrected chi connectivity index (χ3v) is 5.09. The number of nitrogens with zero attached hydrogens (tertiary/aromatic N) is 4. The number of guanidine groups is 1. The highest BCUT2D eigenvalue weighted by atomic mass is 19.1. The van der Waals surface area contributed by atoms with Crippen LogP contribution in [0.3, 0.4) is 0 Å². The molecule has 0 aromatic heterocycles. The van der Waals surface area contributed by atoms with Crippen LogP contribution in [0.1, 0.15) is 32.3 Å². The molecule has 5 nitrogen and oxygen atoms in total. The number of nitrogens with one attached hydrogen (secondary N) is 1. The second kappa shape index (κ2) is 11.9. The Balaban J connectivity index is 1.71. The van der Waals surface area contributed by atoms with Gasteiger partial charge in [0.2, 0.25) is 0 Å². The van der Waals surface area contributed by atoms with Gasteiger partial charge in [-0.3, -0.25) is 4.99 Å². The molecule has 1 saturated heterocycles. The number of piperazine rings is 1. The van der Waals surface area contributed by atoms with Crippen molar-refractivity contribution >= 4 is 5.96 Å². The number of hydrogen-bond donors (Lipinski definition) is 1. The van der Waals surface area contributed by atoms with Gasteiger partial charge in [-0.15, -0.1) is 0 Å². The normalized spacial score (nSPS) is 16.5. The van der Waals surface area contributed by atoms with Gasteiger partial charge in [-0.05, 0) is 50.6 Å². The van der Waals surface area contributed by atoms with Crippen LogP contribution in [0.5, 0.6) is 0 Å². The summed E-state index contributed by atoms with van der Waals surface area (Å²) in [6.45, 7) is 13.9. The molecule has 1 N–H and O–H groups in total. The Kier molecular flexibility index (Phi) is 9.56. The number of halogens is 1. The van der Waals surface area contributed by atoms with Gasteiger partial charge in [0.05, 0.1) is 0 Å². The van der Waals surface area contributed by atoms with E-state index in [1.165, 1.54) is 57.8 Å². The number of benzene rings is 1. The molecule has 0 saturated carbocycles. The van der Waals surface area contributed by atoms with Crippen LogP contribution in [0.4, 0.5) is 4.39 Å².